The van der Waals surface area contributed by atoms with Crippen LogP contribution in [0.25, 0.3) is 11.3 Å². The number of hydrogen-bond donors (Lipinski definition) is 0. The number of nitrogens with zero attached hydrogens (tertiary/aromatic N) is 3. The molecule has 1 aliphatic heterocycles. The highest BCUT2D eigenvalue weighted by atomic mass is 35.5. The number of benzene rings is 2. The van der Waals surface area contributed by atoms with Crippen molar-refractivity contribution >= 4 is 17.5 Å². The normalized spacial score (nSPS) is 15.0. The molecule has 0 radical (unpaired) electrons. The zero-order chi connectivity index (χ0) is 19.5. The van der Waals surface area contributed by atoms with Gasteiger partial charge in [0.25, 0.3) is 5.91 Å². The molecule has 0 spiro atoms. The summed E-state index contributed by atoms with van der Waals surface area (Å²) in [5, 5.41) is 4.43. The number of carbonyl (C=O) groups excluding carboxylic acids is 1. The monoisotopic (exact) mass is 399 g/mol. The lowest BCUT2D eigenvalue weighted by Gasteiger charge is -2.34. The summed E-state index contributed by atoms with van der Waals surface area (Å²) in [4.78, 5) is 16.5. The summed E-state index contributed by atoms with van der Waals surface area (Å²) < 4.78 is 19.2. The Morgan fingerprint density at radius 2 is 1.82 bits per heavy atom. The van der Waals surface area contributed by atoms with Gasteiger partial charge in [-0.1, -0.05) is 53.2 Å². The van der Waals surface area contributed by atoms with Crippen molar-refractivity contribution in [1.29, 1.82) is 0 Å². The zero-order valence-corrected chi connectivity index (χ0v) is 15.9. The minimum atomic E-state index is -0.305. The second-order valence-electron chi connectivity index (χ2n) is 6.71. The minimum Gasteiger partial charge on any atom is -0.350 e. The fraction of sp³-hybridized carbons (Fsp3) is 0.238. The van der Waals surface area contributed by atoms with Crippen LogP contribution in [0.5, 0.6) is 0 Å². The summed E-state index contributed by atoms with van der Waals surface area (Å²) in [5.41, 5.74) is 2.03. The Balaban J connectivity index is 1.37. The van der Waals surface area contributed by atoms with Gasteiger partial charge < -0.3 is 9.42 Å². The largest absolute Gasteiger partial charge is 0.350 e. The van der Waals surface area contributed by atoms with E-state index in [0.717, 1.165) is 5.56 Å². The maximum Gasteiger partial charge on any atom is 0.292 e. The SMILES string of the molecule is O=C(c1cc(-c2ccccc2)no1)N1CCN(Cc2c(F)cccc2Cl)CC1. The lowest BCUT2D eigenvalue weighted by molar-refractivity contribution is 0.0587. The van der Waals surface area contributed by atoms with Crippen LogP contribution >= 0.6 is 11.6 Å². The third-order valence-electron chi connectivity index (χ3n) is 4.89. The number of piperazine rings is 1. The average Bonchev–Trinajstić information content (AvgIpc) is 3.22. The van der Waals surface area contributed by atoms with Crippen LogP contribution in [0.3, 0.4) is 0 Å². The summed E-state index contributed by atoms with van der Waals surface area (Å²) >= 11 is 6.11. The molecule has 1 fully saturated rings. The molecule has 0 aliphatic carbocycles. The standard InChI is InChI=1S/C21H19ClFN3O2/c22-17-7-4-8-18(23)16(17)14-25-9-11-26(12-10-25)21(27)20-13-19(24-28-20)15-5-2-1-3-6-15/h1-8,13H,9-12,14H2. The Morgan fingerprint density at radius 3 is 2.54 bits per heavy atom. The van der Waals surface area contributed by atoms with E-state index in [-0.39, 0.29) is 17.5 Å². The van der Waals surface area contributed by atoms with E-state index in [1.807, 2.05) is 30.3 Å². The van der Waals surface area contributed by atoms with Crippen LogP contribution < -0.4 is 0 Å². The van der Waals surface area contributed by atoms with Crippen LogP contribution in [-0.2, 0) is 6.54 Å². The van der Waals surface area contributed by atoms with Crippen LogP contribution in [0.15, 0.2) is 59.1 Å². The molecule has 28 heavy (non-hydrogen) atoms. The minimum absolute atomic E-state index is 0.182. The molecule has 0 N–H and O–H groups in total. The average molecular weight is 400 g/mol. The molecular formula is C21H19ClFN3O2. The molecule has 1 saturated heterocycles. The summed E-state index contributed by atoms with van der Waals surface area (Å²) in [6.45, 7) is 2.76. The number of halogens is 2. The second kappa shape index (κ2) is 8.12. The van der Waals surface area contributed by atoms with Gasteiger partial charge in [0, 0.05) is 54.9 Å². The fourth-order valence-electron chi connectivity index (χ4n) is 3.29. The number of carbonyl (C=O) groups is 1. The molecule has 0 saturated carbocycles. The van der Waals surface area contributed by atoms with Crippen molar-refractivity contribution in [3.05, 3.63) is 76.8 Å². The highest BCUT2D eigenvalue weighted by Gasteiger charge is 2.26. The van der Waals surface area contributed by atoms with Crippen molar-refractivity contribution < 1.29 is 13.7 Å². The third-order valence-corrected chi connectivity index (χ3v) is 5.25. The first-order chi connectivity index (χ1) is 13.6. The molecule has 2 heterocycles. The molecule has 1 aliphatic rings. The van der Waals surface area contributed by atoms with Gasteiger partial charge in [-0.15, -0.1) is 0 Å². The van der Waals surface area contributed by atoms with Crippen LogP contribution in [-0.4, -0.2) is 47.0 Å². The highest BCUT2D eigenvalue weighted by molar-refractivity contribution is 6.31. The Hall–Kier alpha value is -2.70. The molecule has 7 heteroatoms. The molecule has 0 unspecified atom stereocenters. The Labute approximate surface area is 167 Å². The van der Waals surface area contributed by atoms with Crippen LogP contribution in [0.2, 0.25) is 5.02 Å². The third kappa shape index (κ3) is 3.93. The molecule has 1 amide bonds. The number of aromatic nitrogens is 1. The van der Waals surface area contributed by atoms with E-state index >= 15 is 0 Å². The van der Waals surface area contributed by atoms with E-state index in [1.165, 1.54) is 6.07 Å². The van der Waals surface area contributed by atoms with Crippen molar-refractivity contribution in [2.45, 2.75) is 6.54 Å². The number of rotatable bonds is 4. The predicted octanol–water partition coefficient (Wildman–Crippen LogP) is 4.09. The summed E-state index contributed by atoms with van der Waals surface area (Å²) in [5.74, 6) is -0.260. The van der Waals surface area contributed by atoms with Gasteiger partial charge in [-0.3, -0.25) is 9.69 Å². The van der Waals surface area contributed by atoms with Crippen LogP contribution in [0.1, 0.15) is 16.1 Å². The second-order valence-corrected chi connectivity index (χ2v) is 7.12. The topological polar surface area (TPSA) is 49.6 Å². The van der Waals surface area contributed by atoms with Crippen molar-refractivity contribution in [3.8, 4) is 11.3 Å². The number of hydrogen-bond acceptors (Lipinski definition) is 4. The molecule has 1 aromatic heterocycles. The first-order valence-corrected chi connectivity index (χ1v) is 9.46. The Morgan fingerprint density at radius 1 is 1.07 bits per heavy atom. The van der Waals surface area contributed by atoms with E-state index in [9.17, 15) is 9.18 Å². The fourth-order valence-corrected chi connectivity index (χ4v) is 3.52. The van der Waals surface area contributed by atoms with Gasteiger partial charge in [0.05, 0.1) is 0 Å². The van der Waals surface area contributed by atoms with Crippen LogP contribution in [0.4, 0.5) is 4.39 Å². The highest BCUT2D eigenvalue weighted by Crippen LogP contribution is 2.23. The Bertz CT molecular complexity index is 949. The van der Waals surface area contributed by atoms with Gasteiger partial charge in [-0.25, -0.2) is 4.39 Å². The predicted molar refractivity (Wildman–Crippen MR) is 105 cm³/mol. The van der Waals surface area contributed by atoms with E-state index in [0.29, 0.717) is 49.0 Å². The van der Waals surface area contributed by atoms with Gasteiger partial charge in [0.1, 0.15) is 11.5 Å². The summed E-state index contributed by atoms with van der Waals surface area (Å²) in [7, 11) is 0. The molecule has 5 nitrogen and oxygen atoms in total. The van der Waals surface area contributed by atoms with E-state index in [1.54, 1.807) is 23.1 Å². The van der Waals surface area contributed by atoms with Gasteiger partial charge in [0.2, 0.25) is 5.76 Å². The van der Waals surface area contributed by atoms with Gasteiger partial charge in [-0.05, 0) is 12.1 Å². The molecular weight excluding hydrogens is 381 g/mol. The maximum atomic E-state index is 14.0. The zero-order valence-electron chi connectivity index (χ0n) is 15.1. The maximum absolute atomic E-state index is 14.0. The van der Waals surface area contributed by atoms with E-state index < -0.39 is 0 Å². The summed E-state index contributed by atoms with van der Waals surface area (Å²) in [6.07, 6.45) is 0. The molecule has 2 aromatic carbocycles. The Kier molecular flexibility index (Phi) is 5.41. The van der Waals surface area contributed by atoms with Crippen LogP contribution in [0, 0.1) is 5.82 Å². The molecule has 144 valence electrons. The lowest BCUT2D eigenvalue weighted by Crippen LogP contribution is -2.48. The molecule has 0 bridgehead atoms. The van der Waals surface area contributed by atoms with E-state index in [4.69, 9.17) is 16.1 Å². The van der Waals surface area contributed by atoms with Crippen molar-refractivity contribution in [1.82, 2.24) is 15.0 Å². The molecule has 0 atom stereocenters. The van der Waals surface area contributed by atoms with Crippen molar-refractivity contribution in [2.75, 3.05) is 26.2 Å². The van der Waals surface area contributed by atoms with E-state index in [2.05, 4.69) is 10.1 Å². The van der Waals surface area contributed by atoms with Gasteiger partial charge >= 0.3 is 0 Å². The first kappa shape index (κ1) is 18.7. The van der Waals surface area contributed by atoms with Gasteiger partial charge in [-0.2, -0.15) is 0 Å². The lowest BCUT2D eigenvalue weighted by atomic mass is 10.1. The molecule has 3 aromatic rings. The van der Waals surface area contributed by atoms with Gasteiger partial charge in [0.15, 0.2) is 0 Å². The summed E-state index contributed by atoms with van der Waals surface area (Å²) in [6, 6.07) is 15.9. The quantitative estimate of drug-likeness (QED) is 0.663. The smallest absolute Gasteiger partial charge is 0.292 e. The molecule has 4 rings (SSSR count). The van der Waals surface area contributed by atoms with Crippen molar-refractivity contribution in [3.63, 3.8) is 0 Å². The van der Waals surface area contributed by atoms with Crippen molar-refractivity contribution in [2.24, 2.45) is 0 Å². The number of amides is 1. The first-order valence-electron chi connectivity index (χ1n) is 9.08.